The highest BCUT2D eigenvalue weighted by molar-refractivity contribution is 5.94. The topological polar surface area (TPSA) is 95.2 Å². The second-order valence-corrected chi connectivity index (χ2v) is 6.62. The van der Waals surface area contributed by atoms with E-state index in [1.807, 2.05) is 38.4 Å². The minimum atomic E-state index is -0.341. The molecule has 0 bridgehead atoms. The van der Waals surface area contributed by atoms with E-state index < -0.39 is 0 Å². The van der Waals surface area contributed by atoms with Gasteiger partial charge in [-0.3, -0.25) is 14.8 Å². The second-order valence-electron chi connectivity index (χ2n) is 6.62. The van der Waals surface area contributed by atoms with Gasteiger partial charge < -0.3 is 5.32 Å². The van der Waals surface area contributed by atoms with Crippen molar-refractivity contribution >= 4 is 10.9 Å². The van der Waals surface area contributed by atoms with Crippen molar-refractivity contribution in [1.82, 2.24) is 30.3 Å². The van der Waals surface area contributed by atoms with Crippen molar-refractivity contribution in [3.8, 4) is 28.6 Å². The number of fused-ring (bicyclic) bond motifs is 1. The molecule has 1 aromatic carbocycles. The first-order chi connectivity index (χ1) is 13.6. The lowest BCUT2D eigenvalue weighted by atomic mass is 10.00. The third kappa shape index (κ3) is 3.23. The van der Waals surface area contributed by atoms with E-state index in [1.165, 1.54) is 6.07 Å². The lowest BCUT2D eigenvalue weighted by molar-refractivity contribution is 0.624. The Labute approximate surface area is 160 Å². The molecular weight excluding hydrogens is 357 g/mol. The number of pyridine rings is 1. The van der Waals surface area contributed by atoms with E-state index in [4.69, 9.17) is 5.26 Å². The number of rotatable bonds is 5. The number of aryl methyl sites for hydroxylation is 2. The van der Waals surface area contributed by atoms with Crippen LogP contribution in [0.15, 0.2) is 36.8 Å². The molecule has 7 nitrogen and oxygen atoms in total. The fourth-order valence-corrected chi connectivity index (χ4v) is 3.32. The van der Waals surface area contributed by atoms with Gasteiger partial charge >= 0.3 is 0 Å². The molecule has 3 heterocycles. The van der Waals surface area contributed by atoms with Crippen molar-refractivity contribution in [3.63, 3.8) is 0 Å². The summed E-state index contributed by atoms with van der Waals surface area (Å²) in [5.74, 6) is -0.341. The highest BCUT2D eigenvalue weighted by atomic mass is 19.1. The molecule has 4 aromatic rings. The average Bonchev–Trinajstić information content (AvgIpc) is 3.27. The predicted molar refractivity (Wildman–Crippen MR) is 104 cm³/mol. The van der Waals surface area contributed by atoms with Crippen LogP contribution in [0.3, 0.4) is 0 Å². The number of aromatic nitrogens is 5. The van der Waals surface area contributed by atoms with E-state index in [0.717, 1.165) is 33.3 Å². The molecule has 4 rings (SSSR count). The summed E-state index contributed by atoms with van der Waals surface area (Å²) in [7, 11) is 1.84. The van der Waals surface area contributed by atoms with Gasteiger partial charge in [0.15, 0.2) is 0 Å². The number of hydrogen-bond donors (Lipinski definition) is 2. The molecule has 0 saturated carbocycles. The molecule has 28 heavy (non-hydrogen) atoms. The Morgan fingerprint density at radius 1 is 1.29 bits per heavy atom. The maximum Gasteiger partial charge on any atom is 0.133 e. The molecule has 3 aromatic heterocycles. The standard InChI is InChI=1S/C20H18FN7/c1-12-5-13(8-23-4-3-22)6-16(21)19(12)17-7-15-18(10-24-17)26-27-20(15)14-9-25-28(2)11-14/h5-7,9-11,23H,4,8H2,1-2H3,(H,26,27). The highest BCUT2D eigenvalue weighted by Crippen LogP contribution is 2.31. The molecule has 0 aliphatic heterocycles. The van der Waals surface area contributed by atoms with Crippen molar-refractivity contribution in [2.45, 2.75) is 13.5 Å². The third-order valence-corrected chi connectivity index (χ3v) is 4.56. The lowest BCUT2D eigenvalue weighted by Crippen LogP contribution is -2.13. The van der Waals surface area contributed by atoms with E-state index in [1.54, 1.807) is 17.1 Å². The number of benzene rings is 1. The minimum Gasteiger partial charge on any atom is -0.300 e. The average molecular weight is 375 g/mol. The number of nitrogens with zero attached hydrogens (tertiary/aromatic N) is 5. The van der Waals surface area contributed by atoms with Crippen LogP contribution in [-0.4, -0.2) is 31.5 Å². The van der Waals surface area contributed by atoms with Crippen molar-refractivity contribution in [3.05, 3.63) is 53.7 Å². The summed E-state index contributed by atoms with van der Waals surface area (Å²) in [6, 6.07) is 7.25. The maximum atomic E-state index is 14.9. The Morgan fingerprint density at radius 2 is 2.14 bits per heavy atom. The number of halogens is 1. The molecule has 140 valence electrons. The van der Waals surface area contributed by atoms with E-state index >= 15 is 0 Å². The molecule has 0 saturated heterocycles. The van der Waals surface area contributed by atoms with Gasteiger partial charge in [-0.2, -0.15) is 15.5 Å². The number of aromatic amines is 1. The van der Waals surface area contributed by atoms with Crippen molar-refractivity contribution < 1.29 is 4.39 Å². The van der Waals surface area contributed by atoms with Gasteiger partial charge in [-0.1, -0.05) is 6.07 Å². The Morgan fingerprint density at radius 3 is 2.86 bits per heavy atom. The van der Waals surface area contributed by atoms with Gasteiger partial charge in [-0.15, -0.1) is 0 Å². The molecule has 8 heteroatoms. The summed E-state index contributed by atoms with van der Waals surface area (Å²) in [5.41, 5.74) is 4.98. The number of H-pyrrole nitrogens is 1. The zero-order chi connectivity index (χ0) is 19.7. The van der Waals surface area contributed by atoms with E-state index in [-0.39, 0.29) is 12.4 Å². The van der Waals surface area contributed by atoms with Crippen LogP contribution in [0.2, 0.25) is 0 Å². The Balaban J connectivity index is 1.76. The largest absolute Gasteiger partial charge is 0.300 e. The van der Waals surface area contributed by atoms with Gasteiger partial charge in [0, 0.05) is 36.3 Å². The van der Waals surface area contributed by atoms with Crippen LogP contribution in [0.25, 0.3) is 33.4 Å². The molecule has 2 N–H and O–H groups in total. The molecule has 0 aliphatic rings. The van der Waals surface area contributed by atoms with Gasteiger partial charge in [-0.05, 0) is 30.2 Å². The van der Waals surface area contributed by atoms with Gasteiger partial charge in [0.05, 0.1) is 36.2 Å². The Kier molecular flexibility index (Phi) is 4.59. The van der Waals surface area contributed by atoms with Crippen LogP contribution < -0.4 is 5.32 Å². The summed E-state index contributed by atoms with van der Waals surface area (Å²) < 4.78 is 16.6. The third-order valence-electron chi connectivity index (χ3n) is 4.56. The molecule has 0 aliphatic carbocycles. The fraction of sp³-hybridized carbons (Fsp3) is 0.200. The number of hydrogen-bond acceptors (Lipinski definition) is 5. The van der Waals surface area contributed by atoms with Gasteiger partial charge in [0.1, 0.15) is 11.5 Å². The zero-order valence-electron chi connectivity index (χ0n) is 15.5. The first-order valence-electron chi connectivity index (χ1n) is 8.77. The van der Waals surface area contributed by atoms with Crippen LogP contribution in [0.1, 0.15) is 11.1 Å². The predicted octanol–water partition coefficient (Wildman–Crippen LogP) is 3.09. The molecular formula is C20H18FN7. The number of nitriles is 1. The number of nitrogens with one attached hydrogen (secondary N) is 2. The molecule has 0 spiro atoms. The first-order valence-corrected chi connectivity index (χ1v) is 8.77. The maximum absolute atomic E-state index is 14.9. The van der Waals surface area contributed by atoms with Crippen LogP contribution in [-0.2, 0) is 13.6 Å². The zero-order valence-corrected chi connectivity index (χ0v) is 15.5. The van der Waals surface area contributed by atoms with E-state index in [0.29, 0.717) is 17.8 Å². The van der Waals surface area contributed by atoms with Gasteiger partial charge in [-0.25, -0.2) is 4.39 Å². The molecule has 0 fully saturated rings. The summed E-state index contributed by atoms with van der Waals surface area (Å²) >= 11 is 0. The second kappa shape index (κ2) is 7.21. The van der Waals surface area contributed by atoms with Gasteiger partial charge in [0.2, 0.25) is 0 Å². The van der Waals surface area contributed by atoms with Crippen LogP contribution in [0, 0.1) is 24.1 Å². The summed E-state index contributed by atoms with van der Waals surface area (Å²) in [4.78, 5) is 4.43. The van der Waals surface area contributed by atoms with Crippen molar-refractivity contribution in [2.24, 2.45) is 7.05 Å². The lowest BCUT2D eigenvalue weighted by Gasteiger charge is -2.10. The minimum absolute atomic E-state index is 0.220. The Bertz CT molecular complexity index is 1180. The van der Waals surface area contributed by atoms with E-state index in [9.17, 15) is 4.39 Å². The molecule has 0 radical (unpaired) electrons. The quantitative estimate of drug-likeness (QED) is 0.413. The Hall–Kier alpha value is -3.57. The van der Waals surface area contributed by atoms with Gasteiger partial charge in [0.25, 0.3) is 0 Å². The normalized spacial score (nSPS) is 11.1. The van der Waals surface area contributed by atoms with E-state index in [2.05, 4.69) is 25.6 Å². The SMILES string of the molecule is Cc1cc(CNCC#N)cc(F)c1-c1cc2c(-c3cnn(C)c3)n[nH]c2cn1. The summed E-state index contributed by atoms with van der Waals surface area (Å²) in [6.07, 6.45) is 5.29. The molecule has 0 amide bonds. The van der Waals surface area contributed by atoms with Crippen LogP contribution >= 0.6 is 0 Å². The monoisotopic (exact) mass is 375 g/mol. The smallest absolute Gasteiger partial charge is 0.133 e. The molecule has 0 atom stereocenters. The van der Waals surface area contributed by atoms with Crippen LogP contribution in [0.4, 0.5) is 4.39 Å². The van der Waals surface area contributed by atoms with Crippen molar-refractivity contribution in [2.75, 3.05) is 6.54 Å². The molecule has 0 unspecified atom stereocenters. The van der Waals surface area contributed by atoms with Crippen molar-refractivity contribution in [1.29, 1.82) is 5.26 Å². The fourth-order valence-electron chi connectivity index (χ4n) is 3.32. The highest BCUT2D eigenvalue weighted by Gasteiger charge is 2.16. The first kappa shape index (κ1) is 17.8. The summed E-state index contributed by atoms with van der Waals surface area (Å²) in [6.45, 7) is 2.51. The van der Waals surface area contributed by atoms with Crippen LogP contribution in [0.5, 0.6) is 0 Å². The summed E-state index contributed by atoms with van der Waals surface area (Å²) in [5, 5.41) is 23.9.